The van der Waals surface area contributed by atoms with Gasteiger partial charge in [-0.05, 0) is 0 Å². The summed E-state index contributed by atoms with van der Waals surface area (Å²) in [7, 11) is 0. The molecule has 3 rings (SSSR count). The molecule has 1 aliphatic heterocycles. The molecule has 2 aromatic rings. The zero-order valence-corrected chi connectivity index (χ0v) is 10.1. The van der Waals surface area contributed by atoms with Crippen molar-refractivity contribution >= 4 is 17.0 Å². The molecule has 10 heteroatoms. The van der Waals surface area contributed by atoms with Gasteiger partial charge in [-0.3, -0.25) is 4.98 Å². The molecule has 0 bridgehead atoms. The first-order valence-corrected chi connectivity index (χ1v) is 5.82. The molecule has 3 heterocycles. The Bertz CT molecular complexity index is 652. The topological polar surface area (TPSA) is 152 Å². The number of fused-ring (bicyclic) bond motifs is 1. The van der Waals surface area contributed by atoms with E-state index < -0.39 is 30.8 Å². The van der Waals surface area contributed by atoms with Gasteiger partial charge in [0.15, 0.2) is 18.2 Å². The van der Waals surface area contributed by atoms with Crippen LogP contribution in [0.5, 0.6) is 0 Å². The number of aromatic nitrogens is 4. The molecule has 108 valence electrons. The SMILES string of the molecule is Nc1nc([C@@H]2O[C@](F)(CO)[C@@H](O)[C@H]2O)nc2[nH+]c[nH]c12. The summed E-state index contributed by atoms with van der Waals surface area (Å²) < 4.78 is 18.9. The Kier molecular flexibility index (Phi) is 2.83. The maximum absolute atomic E-state index is 14.0. The smallest absolute Gasteiger partial charge is 0.305 e. The zero-order valence-electron chi connectivity index (χ0n) is 10.1. The number of nitrogens with one attached hydrogen (secondary N) is 2. The highest BCUT2D eigenvalue weighted by Gasteiger charge is 2.57. The summed E-state index contributed by atoms with van der Waals surface area (Å²) in [6.45, 7) is -1.10. The number of hydrogen-bond acceptors (Lipinski definition) is 7. The fraction of sp³-hybridized carbons (Fsp3) is 0.500. The van der Waals surface area contributed by atoms with E-state index in [1.54, 1.807) is 0 Å². The van der Waals surface area contributed by atoms with Crippen LogP contribution in [0.4, 0.5) is 10.2 Å². The molecule has 1 saturated heterocycles. The maximum Gasteiger partial charge on any atom is 0.305 e. The van der Waals surface area contributed by atoms with Gasteiger partial charge < -0.3 is 25.8 Å². The van der Waals surface area contributed by atoms with Crippen molar-refractivity contribution in [3.05, 3.63) is 12.2 Å². The van der Waals surface area contributed by atoms with E-state index in [0.29, 0.717) is 11.2 Å². The van der Waals surface area contributed by atoms with E-state index in [1.165, 1.54) is 6.33 Å². The largest absolute Gasteiger partial charge is 0.390 e. The number of nitrogens with zero attached hydrogens (tertiary/aromatic N) is 2. The summed E-state index contributed by atoms with van der Waals surface area (Å²) in [4.78, 5) is 13.5. The third kappa shape index (κ3) is 1.73. The molecule has 1 aliphatic rings. The summed E-state index contributed by atoms with van der Waals surface area (Å²) in [5, 5.41) is 28.3. The Balaban J connectivity index is 2.03. The van der Waals surface area contributed by atoms with Gasteiger partial charge in [0.25, 0.3) is 5.85 Å². The van der Waals surface area contributed by atoms with Crippen molar-refractivity contribution in [1.29, 1.82) is 0 Å². The molecule has 4 atom stereocenters. The standard InChI is InChI=1S/C10H12FN5O4/c11-10(1-17)6(19)4(18)5(20-10)9-15-7(12)3-8(16-9)14-2-13-3/h2,4-6,17-19H,1H2,(H3,12,13,14,15,16)/p+1/t4-,5+,6-,10+/m0/s1. The number of nitrogens with two attached hydrogens (primary N) is 1. The molecule has 2 aromatic heterocycles. The normalized spacial score (nSPS) is 33.9. The predicted octanol–water partition coefficient (Wildman–Crippen LogP) is -2.19. The average molecular weight is 286 g/mol. The lowest BCUT2D eigenvalue weighted by atomic mass is 10.1. The molecule has 0 saturated carbocycles. The van der Waals surface area contributed by atoms with Gasteiger partial charge in [-0.2, -0.15) is 4.98 Å². The highest BCUT2D eigenvalue weighted by molar-refractivity contribution is 5.78. The van der Waals surface area contributed by atoms with Crippen LogP contribution in [0.1, 0.15) is 11.9 Å². The Morgan fingerprint density at radius 1 is 1.50 bits per heavy atom. The quantitative estimate of drug-likeness (QED) is 0.420. The number of H-pyrrole nitrogens is 2. The second kappa shape index (κ2) is 4.31. The van der Waals surface area contributed by atoms with Crippen molar-refractivity contribution in [3.8, 4) is 0 Å². The van der Waals surface area contributed by atoms with Gasteiger partial charge in [0.1, 0.15) is 18.8 Å². The van der Waals surface area contributed by atoms with Crippen molar-refractivity contribution < 1.29 is 29.4 Å². The molecule has 0 spiro atoms. The van der Waals surface area contributed by atoms with Crippen molar-refractivity contribution in [3.63, 3.8) is 0 Å². The number of imidazole rings is 1. The summed E-state index contributed by atoms with van der Waals surface area (Å²) in [6, 6.07) is 0. The summed E-state index contributed by atoms with van der Waals surface area (Å²) in [5.41, 5.74) is 6.50. The van der Waals surface area contributed by atoms with E-state index in [1.807, 2.05) is 0 Å². The molecule has 0 aliphatic carbocycles. The first kappa shape index (κ1) is 13.1. The highest BCUT2D eigenvalue weighted by atomic mass is 19.2. The van der Waals surface area contributed by atoms with E-state index in [2.05, 4.69) is 19.9 Å². The minimum absolute atomic E-state index is 0.0805. The van der Waals surface area contributed by atoms with Crippen LogP contribution in [0.15, 0.2) is 6.33 Å². The lowest BCUT2D eigenvalue weighted by Crippen LogP contribution is -2.42. The van der Waals surface area contributed by atoms with Crippen molar-refractivity contribution in [2.24, 2.45) is 0 Å². The van der Waals surface area contributed by atoms with E-state index in [-0.39, 0.29) is 11.6 Å². The molecule has 0 radical (unpaired) electrons. The Morgan fingerprint density at radius 2 is 2.25 bits per heavy atom. The van der Waals surface area contributed by atoms with Gasteiger partial charge in [0, 0.05) is 0 Å². The van der Waals surface area contributed by atoms with Crippen LogP contribution in [0.25, 0.3) is 11.2 Å². The number of alkyl halides is 1. The van der Waals surface area contributed by atoms with Gasteiger partial charge in [0.05, 0.1) is 0 Å². The van der Waals surface area contributed by atoms with Gasteiger partial charge in [-0.15, -0.1) is 0 Å². The van der Waals surface area contributed by atoms with Crippen LogP contribution in [0.3, 0.4) is 0 Å². The van der Waals surface area contributed by atoms with Crippen LogP contribution in [-0.2, 0) is 4.74 Å². The number of hydrogen-bond donors (Lipinski definition) is 5. The van der Waals surface area contributed by atoms with Gasteiger partial charge >= 0.3 is 5.65 Å². The fourth-order valence-electron chi connectivity index (χ4n) is 2.15. The van der Waals surface area contributed by atoms with Crippen molar-refractivity contribution in [1.82, 2.24) is 15.0 Å². The first-order valence-electron chi connectivity index (χ1n) is 5.82. The summed E-state index contributed by atoms with van der Waals surface area (Å²) in [5.74, 6) is -2.78. The zero-order chi connectivity index (χ0) is 14.5. The number of nitrogen functional groups attached to an aromatic ring is 1. The molecule has 0 unspecified atom stereocenters. The second-order valence-corrected chi connectivity index (χ2v) is 4.54. The Labute approximate surface area is 111 Å². The lowest BCUT2D eigenvalue weighted by molar-refractivity contribution is -0.347. The third-order valence-corrected chi connectivity index (χ3v) is 3.25. The van der Waals surface area contributed by atoms with Crippen LogP contribution in [0, 0.1) is 0 Å². The van der Waals surface area contributed by atoms with Crippen LogP contribution >= 0.6 is 0 Å². The summed E-state index contributed by atoms with van der Waals surface area (Å²) >= 11 is 0. The number of anilines is 1. The number of aliphatic hydroxyl groups is 3. The van der Waals surface area contributed by atoms with Crippen molar-refractivity contribution in [2.75, 3.05) is 12.3 Å². The average Bonchev–Trinajstić information content (AvgIpc) is 2.99. The van der Waals surface area contributed by atoms with Crippen LogP contribution in [-0.4, -0.2) is 54.9 Å². The van der Waals surface area contributed by atoms with Crippen LogP contribution in [0.2, 0.25) is 0 Å². The Morgan fingerprint density at radius 3 is 2.90 bits per heavy atom. The number of aromatic amines is 2. The summed E-state index contributed by atoms with van der Waals surface area (Å²) in [6.07, 6.45) is -3.39. The lowest BCUT2D eigenvalue weighted by Gasteiger charge is -2.19. The molecule has 0 amide bonds. The highest BCUT2D eigenvalue weighted by Crippen LogP contribution is 2.40. The molecule has 1 fully saturated rings. The van der Waals surface area contributed by atoms with E-state index in [0.717, 1.165) is 0 Å². The molecular formula is C10H13FN5O4+. The van der Waals surface area contributed by atoms with Gasteiger partial charge in [0.2, 0.25) is 11.3 Å². The molecule has 7 N–H and O–H groups in total. The third-order valence-electron chi connectivity index (χ3n) is 3.25. The van der Waals surface area contributed by atoms with E-state index in [9.17, 15) is 14.6 Å². The number of aliphatic hydroxyl groups excluding tert-OH is 3. The molecule has 9 nitrogen and oxygen atoms in total. The van der Waals surface area contributed by atoms with Gasteiger partial charge in [-0.25, -0.2) is 9.37 Å². The maximum atomic E-state index is 14.0. The first-order chi connectivity index (χ1) is 9.46. The van der Waals surface area contributed by atoms with Gasteiger partial charge in [-0.1, -0.05) is 4.98 Å². The molecule has 20 heavy (non-hydrogen) atoms. The fourth-order valence-corrected chi connectivity index (χ4v) is 2.15. The molecular weight excluding hydrogens is 273 g/mol. The second-order valence-electron chi connectivity index (χ2n) is 4.54. The minimum Gasteiger partial charge on any atom is -0.390 e. The van der Waals surface area contributed by atoms with Crippen LogP contribution < -0.4 is 10.7 Å². The Hall–Kier alpha value is -1.88. The van der Waals surface area contributed by atoms with E-state index >= 15 is 0 Å². The number of rotatable bonds is 2. The minimum atomic E-state index is -2.76. The number of halogens is 1. The van der Waals surface area contributed by atoms with E-state index in [4.69, 9.17) is 15.6 Å². The predicted molar refractivity (Wildman–Crippen MR) is 61.6 cm³/mol. The van der Waals surface area contributed by atoms with Crippen molar-refractivity contribution in [2.45, 2.75) is 24.2 Å². The molecule has 0 aromatic carbocycles. The number of ether oxygens (including phenoxy) is 1. The monoisotopic (exact) mass is 286 g/mol.